The van der Waals surface area contributed by atoms with Gasteiger partial charge in [-0.25, -0.2) is 0 Å². The summed E-state index contributed by atoms with van der Waals surface area (Å²) >= 11 is 0. The van der Waals surface area contributed by atoms with Crippen LogP contribution in [0.1, 0.15) is 63.1 Å². The molecule has 1 aromatic heterocycles. The summed E-state index contributed by atoms with van der Waals surface area (Å²) < 4.78 is 4.78. The summed E-state index contributed by atoms with van der Waals surface area (Å²) in [4.78, 5) is 77.7. The lowest BCUT2D eigenvalue weighted by Gasteiger charge is -2.30. The number of carboxylic acid groups (broad SMARTS) is 1. The number of H-pyrrole nitrogens is 1. The van der Waals surface area contributed by atoms with E-state index >= 15 is 0 Å². The van der Waals surface area contributed by atoms with E-state index in [1.165, 1.54) is 18.1 Å². The number of para-hydroxylation sites is 1. The van der Waals surface area contributed by atoms with Gasteiger partial charge in [0.05, 0.1) is 17.7 Å². The number of amides is 3. The number of carboxylic acids is 1. The highest BCUT2D eigenvalue weighted by molar-refractivity contribution is 6.08. The van der Waals surface area contributed by atoms with E-state index < -0.39 is 53.8 Å². The summed E-state index contributed by atoms with van der Waals surface area (Å²) in [6, 6.07) is 2.78. The Morgan fingerprint density at radius 3 is 2.54 bits per heavy atom. The number of Topliss-reactive ketones (excluding diaryl/α,β-unsaturated/α-hetero) is 1. The number of aromatic nitrogens is 1. The number of nitrogens with zero attached hydrogens (tertiary/aromatic N) is 1. The zero-order valence-corrected chi connectivity index (χ0v) is 23.4. The number of benzene rings is 1. The minimum Gasteiger partial charge on any atom is -0.481 e. The molecule has 0 fully saturated rings. The Kier molecular flexibility index (Phi) is 9.09. The molecule has 0 saturated carbocycles. The molecule has 1 aromatic carbocycles. The maximum absolute atomic E-state index is 14.0. The predicted octanol–water partition coefficient (Wildman–Crippen LogP) is 1.50. The number of anilines is 1. The van der Waals surface area contributed by atoms with Gasteiger partial charge in [0.2, 0.25) is 17.7 Å². The maximum atomic E-state index is 14.0. The second-order valence-corrected chi connectivity index (χ2v) is 11.1. The van der Waals surface area contributed by atoms with Crippen molar-refractivity contribution in [2.24, 2.45) is 11.8 Å². The van der Waals surface area contributed by atoms with Gasteiger partial charge in [-0.1, -0.05) is 38.5 Å². The van der Waals surface area contributed by atoms with E-state index in [2.05, 4.69) is 15.8 Å². The fourth-order valence-electron chi connectivity index (χ4n) is 5.76. The van der Waals surface area contributed by atoms with Crippen LogP contribution in [0.3, 0.4) is 0 Å². The number of hydrogen-bond donors (Lipinski definition) is 4. The Bertz CT molecular complexity index is 1400. The standard InChI is InChI=1S/C29H36N4O8/c1-4-15(2)21(10-16(3)34)27(38)31-22-9-8-17-6-5-7-18-12-23(33(25(17)18)29(22)40)28(39)30-20(13-24(35)36)11-19-14-41-32-26(19)37/h5-7,14-15,20-23H,4,8-13H2,1-3H3,(H,30,39)(H,31,38)(H,32,37)(H,35,36)/t15-,20+,21-,22?,23-/m0/s1. The van der Waals surface area contributed by atoms with E-state index in [-0.39, 0.29) is 42.4 Å². The van der Waals surface area contributed by atoms with Crippen LogP contribution in [0.2, 0.25) is 0 Å². The molecule has 220 valence electrons. The van der Waals surface area contributed by atoms with E-state index in [1.54, 1.807) is 0 Å². The number of aliphatic carboxylic acids is 1. The van der Waals surface area contributed by atoms with Crippen LogP contribution in [0, 0.1) is 11.8 Å². The first-order valence-corrected chi connectivity index (χ1v) is 13.9. The number of ketones is 1. The summed E-state index contributed by atoms with van der Waals surface area (Å²) in [5, 5.41) is 17.2. The molecule has 3 amide bonds. The van der Waals surface area contributed by atoms with E-state index in [0.717, 1.165) is 11.1 Å². The minimum absolute atomic E-state index is 0.0671. The Balaban J connectivity index is 1.59. The molecule has 0 bridgehead atoms. The fraction of sp³-hybridized carbons (Fsp3) is 0.517. The number of aromatic amines is 1. The van der Waals surface area contributed by atoms with Crippen molar-refractivity contribution in [3.8, 4) is 0 Å². The number of rotatable bonds is 12. The van der Waals surface area contributed by atoms with E-state index in [0.29, 0.717) is 24.9 Å². The average molecular weight is 569 g/mol. The Morgan fingerprint density at radius 1 is 1.17 bits per heavy atom. The second kappa shape index (κ2) is 12.5. The Hall–Kier alpha value is -4.22. The lowest BCUT2D eigenvalue weighted by atomic mass is 9.86. The third-order valence-corrected chi connectivity index (χ3v) is 8.08. The Morgan fingerprint density at radius 2 is 1.90 bits per heavy atom. The van der Waals surface area contributed by atoms with Crippen LogP contribution in [0.15, 0.2) is 33.8 Å². The topological polar surface area (TPSA) is 179 Å². The lowest BCUT2D eigenvalue weighted by Crippen LogP contribution is -2.56. The molecule has 3 heterocycles. The van der Waals surface area contributed by atoms with E-state index in [4.69, 9.17) is 4.52 Å². The summed E-state index contributed by atoms with van der Waals surface area (Å²) in [5.74, 6) is -3.29. The quantitative estimate of drug-likeness (QED) is 0.297. The maximum Gasteiger partial charge on any atom is 0.305 e. The average Bonchev–Trinajstić information content (AvgIpc) is 3.47. The first-order chi connectivity index (χ1) is 19.5. The molecule has 0 radical (unpaired) electrons. The van der Waals surface area contributed by atoms with Crippen molar-refractivity contribution < 1.29 is 33.6 Å². The van der Waals surface area contributed by atoms with E-state index in [1.807, 2.05) is 32.0 Å². The third kappa shape index (κ3) is 6.58. The molecule has 2 aliphatic heterocycles. The number of hydrogen-bond acceptors (Lipinski definition) is 7. The largest absolute Gasteiger partial charge is 0.481 e. The molecular weight excluding hydrogens is 532 g/mol. The van der Waals surface area contributed by atoms with Gasteiger partial charge in [-0.05, 0) is 36.8 Å². The van der Waals surface area contributed by atoms with Crippen molar-refractivity contribution in [3.05, 3.63) is 51.5 Å². The highest BCUT2D eigenvalue weighted by Gasteiger charge is 2.45. The molecular formula is C29H36N4O8. The van der Waals surface area contributed by atoms with Gasteiger partial charge in [0.1, 0.15) is 24.1 Å². The summed E-state index contributed by atoms with van der Waals surface area (Å²) in [6.45, 7) is 5.27. The van der Waals surface area contributed by atoms with Gasteiger partial charge >= 0.3 is 5.97 Å². The smallest absolute Gasteiger partial charge is 0.305 e. The van der Waals surface area contributed by atoms with Crippen LogP contribution in [0.25, 0.3) is 0 Å². The zero-order chi connectivity index (χ0) is 29.8. The molecule has 4 rings (SSSR count). The van der Waals surface area contributed by atoms with Gasteiger partial charge in [-0.2, -0.15) is 5.16 Å². The first kappa shape index (κ1) is 29.8. The monoisotopic (exact) mass is 568 g/mol. The summed E-state index contributed by atoms with van der Waals surface area (Å²) in [7, 11) is 0. The van der Waals surface area contributed by atoms with Gasteiger partial charge in [0.15, 0.2) is 0 Å². The first-order valence-electron chi connectivity index (χ1n) is 13.9. The zero-order valence-electron chi connectivity index (χ0n) is 23.4. The number of nitrogens with one attached hydrogen (secondary N) is 3. The highest BCUT2D eigenvalue weighted by atomic mass is 16.5. The molecule has 12 nitrogen and oxygen atoms in total. The third-order valence-electron chi connectivity index (χ3n) is 8.08. The van der Waals surface area contributed by atoms with Crippen molar-refractivity contribution in [1.29, 1.82) is 0 Å². The molecule has 5 atom stereocenters. The summed E-state index contributed by atoms with van der Waals surface area (Å²) in [6.07, 6.45) is 2.45. The molecule has 0 saturated heterocycles. The van der Waals surface area contributed by atoms with Crippen LogP contribution < -0.4 is 21.1 Å². The molecule has 0 aliphatic carbocycles. The lowest BCUT2D eigenvalue weighted by molar-refractivity contribution is -0.138. The number of carbonyl (C=O) groups is 5. The predicted molar refractivity (Wildman–Crippen MR) is 147 cm³/mol. The number of aryl methyl sites for hydroxylation is 1. The van der Waals surface area contributed by atoms with Gasteiger partial charge in [0, 0.05) is 31.2 Å². The fourth-order valence-corrected chi connectivity index (χ4v) is 5.76. The van der Waals surface area contributed by atoms with Crippen molar-refractivity contribution in [3.63, 3.8) is 0 Å². The van der Waals surface area contributed by atoms with E-state index in [9.17, 15) is 33.9 Å². The normalized spacial score (nSPS) is 20.0. The van der Waals surface area contributed by atoms with Gasteiger partial charge in [-0.15, -0.1) is 0 Å². The molecule has 2 aliphatic rings. The van der Waals surface area contributed by atoms with Crippen molar-refractivity contribution in [1.82, 2.24) is 15.8 Å². The van der Waals surface area contributed by atoms with Crippen molar-refractivity contribution >= 4 is 35.2 Å². The molecule has 0 spiro atoms. The summed E-state index contributed by atoms with van der Waals surface area (Å²) in [5.41, 5.74) is 1.98. The highest BCUT2D eigenvalue weighted by Crippen LogP contribution is 2.39. The van der Waals surface area contributed by atoms with Gasteiger partial charge in [-0.3, -0.25) is 28.9 Å². The molecule has 4 N–H and O–H groups in total. The van der Waals surface area contributed by atoms with Gasteiger partial charge in [0.25, 0.3) is 5.56 Å². The number of carbonyl (C=O) groups excluding carboxylic acids is 4. The van der Waals surface area contributed by atoms with Crippen LogP contribution in [0.4, 0.5) is 5.69 Å². The molecule has 41 heavy (non-hydrogen) atoms. The van der Waals surface area contributed by atoms with Crippen molar-refractivity contribution in [2.45, 2.75) is 83.8 Å². The van der Waals surface area contributed by atoms with Crippen LogP contribution in [-0.4, -0.2) is 57.9 Å². The Labute approximate surface area is 236 Å². The van der Waals surface area contributed by atoms with Crippen molar-refractivity contribution in [2.75, 3.05) is 4.90 Å². The van der Waals surface area contributed by atoms with Crippen LogP contribution in [-0.2, 0) is 43.2 Å². The molecule has 1 unspecified atom stereocenters. The van der Waals surface area contributed by atoms with Crippen LogP contribution in [0.5, 0.6) is 0 Å². The molecule has 12 heteroatoms. The SMILES string of the molecule is CC[C@H](C)[C@H](CC(C)=O)C(=O)NC1CCc2cccc3c2N(C1=O)[C@H](C(=O)N[C@@H](CC(=O)O)Cc1co[nH]c1=O)C3. The van der Waals surface area contributed by atoms with Crippen LogP contribution >= 0.6 is 0 Å². The molecule has 2 aromatic rings. The minimum atomic E-state index is -1.16. The second-order valence-electron chi connectivity index (χ2n) is 11.1. The van der Waals surface area contributed by atoms with Gasteiger partial charge < -0.3 is 25.1 Å².